The van der Waals surface area contributed by atoms with Crippen molar-refractivity contribution in [2.45, 2.75) is 6.92 Å². The maximum Gasteiger partial charge on any atom is 0.342 e. The Kier molecular flexibility index (Phi) is 4.65. The molecule has 3 aromatic carbocycles. The van der Waals surface area contributed by atoms with Crippen molar-refractivity contribution in [3.63, 3.8) is 0 Å². The summed E-state index contributed by atoms with van der Waals surface area (Å²) >= 11 is 0. The summed E-state index contributed by atoms with van der Waals surface area (Å²) in [6.45, 7) is 2.06. The van der Waals surface area contributed by atoms with Crippen LogP contribution in [-0.2, 0) is 4.74 Å². The Morgan fingerprint density at radius 1 is 1.00 bits per heavy atom. The molecular formula is C23H20O5. The lowest BCUT2D eigenvalue weighted by Crippen LogP contribution is -2.05. The Balaban J connectivity index is 2.08. The predicted molar refractivity (Wildman–Crippen MR) is 108 cm³/mol. The molecule has 1 aromatic heterocycles. The Bertz CT molecular complexity index is 1170. The molecule has 0 atom stereocenters. The molecular weight excluding hydrogens is 356 g/mol. The van der Waals surface area contributed by atoms with Crippen molar-refractivity contribution in [1.29, 1.82) is 0 Å². The number of methoxy groups -OCH3 is 2. The van der Waals surface area contributed by atoms with Crippen LogP contribution >= 0.6 is 0 Å². The van der Waals surface area contributed by atoms with E-state index in [0.29, 0.717) is 34.0 Å². The minimum absolute atomic E-state index is 0.273. The second-order valence-corrected chi connectivity index (χ2v) is 6.25. The number of rotatable bonds is 5. The lowest BCUT2D eigenvalue weighted by Gasteiger charge is -2.10. The summed E-state index contributed by atoms with van der Waals surface area (Å²) < 4.78 is 22.3. The number of hydrogen-bond donors (Lipinski definition) is 0. The Hall–Kier alpha value is -3.47. The number of carbonyl (C=O) groups is 1. The molecule has 0 aliphatic carbocycles. The second kappa shape index (κ2) is 7.27. The van der Waals surface area contributed by atoms with Gasteiger partial charge in [-0.1, -0.05) is 30.3 Å². The number of fused-ring (bicyclic) bond motifs is 3. The van der Waals surface area contributed by atoms with Crippen molar-refractivity contribution < 1.29 is 23.4 Å². The average Bonchev–Trinajstić information content (AvgIpc) is 3.13. The number of furan rings is 1. The molecule has 5 nitrogen and oxygen atoms in total. The van der Waals surface area contributed by atoms with E-state index in [2.05, 4.69) is 0 Å². The standard InChI is InChI=1S/C23H20O5/c1-4-27-23(24)21-20-16-8-6-5-7-14(16)9-12-18(20)28-22(21)17-11-10-15(25-2)13-19(17)26-3/h5-13H,4H2,1-3H3. The van der Waals surface area contributed by atoms with E-state index < -0.39 is 5.97 Å². The molecule has 142 valence electrons. The fourth-order valence-electron chi connectivity index (χ4n) is 3.44. The van der Waals surface area contributed by atoms with Gasteiger partial charge in [0.2, 0.25) is 0 Å². The van der Waals surface area contributed by atoms with Gasteiger partial charge >= 0.3 is 5.97 Å². The Morgan fingerprint density at radius 2 is 1.82 bits per heavy atom. The van der Waals surface area contributed by atoms with E-state index in [0.717, 1.165) is 16.2 Å². The van der Waals surface area contributed by atoms with E-state index in [1.54, 1.807) is 33.3 Å². The predicted octanol–water partition coefficient (Wildman–Crippen LogP) is 5.45. The Labute approximate surface area is 162 Å². The maximum atomic E-state index is 12.9. The van der Waals surface area contributed by atoms with Crippen LogP contribution in [0.4, 0.5) is 0 Å². The first-order valence-corrected chi connectivity index (χ1v) is 9.01. The average molecular weight is 376 g/mol. The van der Waals surface area contributed by atoms with E-state index in [9.17, 15) is 4.79 Å². The molecule has 0 N–H and O–H groups in total. The van der Waals surface area contributed by atoms with Gasteiger partial charge in [-0.25, -0.2) is 4.79 Å². The van der Waals surface area contributed by atoms with Crippen LogP contribution in [0, 0.1) is 0 Å². The van der Waals surface area contributed by atoms with Crippen molar-refractivity contribution in [2.24, 2.45) is 0 Å². The molecule has 0 bridgehead atoms. The molecule has 0 unspecified atom stereocenters. The zero-order valence-electron chi connectivity index (χ0n) is 15.9. The summed E-state index contributed by atoms with van der Waals surface area (Å²) in [5, 5.41) is 2.70. The minimum atomic E-state index is -0.425. The summed E-state index contributed by atoms with van der Waals surface area (Å²) in [5.74, 6) is 1.20. The van der Waals surface area contributed by atoms with Gasteiger partial charge in [0.25, 0.3) is 0 Å². The molecule has 4 aromatic rings. The lowest BCUT2D eigenvalue weighted by atomic mass is 10.00. The monoisotopic (exact) mass is 376 g/mol. The van der Waals surface area contributed by atoms with Gasteiger partial charge in [-0.2, -0.15) is 0 Å². The fourth-order valence-corrected chi connectivity index (χ4v) is 3.44. The van der Waals surface area contributed by atoms with E-state index >= 15 is 0 Å². The lowest BCUT2D eigenvalue weighted by molar-refractivity contribution is 0.0529. The smallest absolute Gasteiger partial charge is 0.342 e. The maximum absolute atomic E-state index is 12.9. The Morgan fingerprint density at radius 3 is 2.57 bits per heavy atom. The van der Waals surface area contributed by atoms with Crippen LogP contribution in [0.2, 0.25) is 0 Å². The molecule has 1 heterocycles. The molecule has 0 saturated carbocycles. The van der Waals surface area contributed by atoms with Crippen molar-refractivity contribution in [2.75, 3.05) is 20.8 Å². The number of benzene rings is 3. The number of carbonyl (C=O) groups excluding carboxylic acids is 1. The first kappa shape index (κ1) is 17.9. The van der Waals surface area contributed by atoms with Gasteiger partial charge < -0.3 is 18.6 Å². The van der Waals surface area contributed by atoms with E-state index in [1.165, 1.54) is 0 Å². The van der Waals surface area contributed by atoms with Gasteiger partial charge in [0.15, 0.2) is 5.76 Å². The summed E-state index contributed by atoms with van der Waals surface area (Å²) in [6, 6.07) is 17.1. The summed E-state index contributed by atoms with van der Waals surface area (Å²) in [5.41, 5.74) is 1.68. The zero-order valence-corrected chi connectivity index (χ0v) is 15.9. The molecule has 0 aliphatic rings. The molecule has 4 rings (SSSR count). The van der Waals surface area contributed by atoms with Crippen LogP contribution < -0.4 is 9.47 Å². The van der Waals surface area contributed by atoms with Crippen LogP contribution in [0.15, 0.2) is 59.0 Å². The summed E-state index contributed by atoms with van der Waals surface area (Å²) in [7, 11) is 3.16. The molecule has 0 amide bonds. The quantitative estimate of drug-likeness (QED) is 0.434. The minimum Gasteiger partial charge on any atom is -0.497 e. The molecule has 0 radical (unpaired) electrons. The SMILES string of the molecule is CCOC(=O)c1c(-c2ccc(OC)cc2OC)oc2ccc3ccccc3c12. The summed E-state index contributed by atoms with van der Waals surface area (Å²) in [6.07, 6.45) is 0. The molecule has 0 fully saturated rings. The van der Waals surface area contributed by atoms with E-state index in [-0.39, 0.29) is 6.61 Å². The normalized spacial score (nSPS) is 11.0. The number of ether oxygens (including phenoxy) is 3. The highest BCUT2D eigenvalue weighted by atomic mass is 16.5. The topological polar surface area (TPSA) is 57.9 Å². The van der Waals surface area contributed by atoms with Crippen LogP contribution in [0.3, 0.4) is 0 Å². The van der Waals surface area contributed by atoms with Gasteiger partial charge in [-0.3, -0.25) is 0 Å². The number of hydrogen-bond acceptors (Lipinski definition) is 5. The molecule has 0 spiro atoms. The third-order valence-electron chi connectivity index (χ3n) is 4.71. The van der Waals surface area contributed by atoms with E-state index in [1.807, 2.05) is 42.5 Å². The first-order valence-electron chi connectivity index (χ1n) is 9.01. The van der Waals surface area contributed by atoms with Crippen molar-refractivity contribution >= 4 is 27.7 Å². The fraction of sp³-hybridized carbons (Fsp3) is 0.174. The second-order valence-electron chi connectivity index (χ2n) is 6.25. The summed E-state index contributed by atoms with van der Waals surface area (Å²) in [4.78, 5) is 12.9. The van der Waals surface area contributed by atoms with Crippen molar-refractivity contribution in [3.05, 3.63) is 60.2 Å². The van der Waals surface area contributed by atoms with Crippen LogP contribution in [-0.4, -0.2) is 26.8 Å². The molecule has 0 saturated heterocycles. The zero-order chi connectivity index (χ0) is 19.7. The number of esters is 1. The highest BCUT2D eigenvalue weighted by Crippen LogP contribution is 2.42. The van der Waals surface area contributed by atoms with Gasteiger partial charge in [-0.15, -0.1) is 0 Å². The van der Waals surface area contributed by atoms with E-state index in [4.69, 9.17) is 18.6 Å². The van der Waals surface area contributed by atoms with Crippen LogP contribution in [0.5, 0.6) is 11.5 Å². The first-order chi connectivity index (χ1) is 13.7. The van der Waals surface area contributed by atoms with Crippen LogP contribution in [0.1, 0.15) is 17.3 Å². The van der Waals surface area contributed by atoms with Crippen LogP contribution in [0.25, 0.3) is 33.1 Å². The third kappa shape index (κ3) is 2.85. The molecule has 0 aliphatic heterocycles. The highest BCUT2D eigenvalue weighted by Gasteiger charge is 2.26. The van der Waals surface area contributed by atoms with Crippen molar-refractivity contribution in [1.82, 2.24) is 0 Å². The van der Waals surface area contributed by atoms with Gasteiger partial charge in [0, 0.05) is 11.5 Å². The van der Waals surface area contributed by atoms with Gasteiger partial charge in [0.1, 0.15) is 22.6 Å². The third-order valence-corrected chi connectivity index (χ3v) is 4.71. The van der Waals surface area contributed by atoms with Gasteiger partial charge in [0.05, 0.1) is 26.4 Å². The van der Waals surface area contributed by atoms with Gasteiger partial charge in [-0.05, 0) is 35.9 Å². The van der Waals surface area contributed by atoms with Crippen molar-refractivity contribution in [3.8, 4) is 22.8 Å². The molecule has 28 heavy (non-hydrogen) atoms. The largest absolute Gasteiger partial charge is 0.497 e. The molecule has 5 heteroatoms. The highest BCUT2D eigenvalue weighted by molar-refractivity contribution is 6.18.